The number of alkyl halides is 3. The summed E-state index contributed by atoms with van der Waals surface area (Å²) in [6.45, 7) is 13.2. The molecule has 0 aliphatic heterocycles. The van der Waals surface area contributed by atoms with Crippen molar-refractivity contribution in [2.45, 2.75) is 65.6 Å². The fourth-order valence-corrected chi connectivity index (χ4v) is 11.5. The zero-order valence-corrected chi connectivity index (χ0v) is 50.9. The lowest BCUT2D eigenvalue weighted by Gasteiger charge is -2.17. The topological polar surface area (TPSA) is 125 Å². The summed E-state index contributed by atoms with van der Waals surface area (Å²) in [5.41, 5.74) is 6.45. The highest BCUT2D eigenvalue weighted by Crippen LogP contribution is 2.52. The van der Waals surface area contributed by atoms with E-state index in [1.54, 1.807) is 28.1 Å². The van der Waals surface area contributed by atoms with E-state index in [0.29, 0.717) is 75.8 Å². The molecule has 0 aromatic heterocycles. The molecule has 0 N–H and O–H groups in total. The molecule has 422 valence electrons. The first-order valence-corrected chi connectivity index (χ1v) is 32.1. The lowest BCUT2D eigenvalue weighted by atomic mass is 10.2. The smallest absolute Gasteiger partial charge is 0.335 e. The van der Waals surface area contributed by atoms with E-state index in [-0.39, 0.29) is 0 Å². The molecule has 0 unspecified atom stereocenters. The van der Waals surface area contributed by atoms with Crippen LogP contribution in [0.1, 0.15) is 74.9 Å². The standard InChI is InChI=1S/C13H19O3P.C12H19O4P.C11H17O3P.C9H9Cl.C8H9ClO.C7H7Cl/c1-3-15-17(14,16-4-2)12-8-11-13-9-6-5-7-10-13;1-4-15-17(13,16-5-2)10-11-6-8-12(14-3)9-7-11;1-3-13-15(12,14-4-2)10-11-8-6-5-7-9-11;10-8-4-7-9-5-2-1-3-6-9;1-10-8-4-2-7(6-9)3-5-8;8-6-7-4-2-1-3-5-7/h5-11H,3-4,12H2,1-2H3;6-9H,4-5,10H2,1-3H3;5-9H,3-4,10H2,1-2H3;1-7H,8H2;2-5H,6H2,1H3;1-5H,6H2/b11-8+;;;7-4+;;. The molecule has 6 aromatic rings. The largest absolute Gasteiger partial charge is 0.497 e. The van der Waals surface area contributed by atoms with Gasteiger partial charge in [-0.1, -0.05) is 170 Å². The van der Waals surface area contributed by atoms with Crippen LogP contribution in [-0.2, 0) is 64.9 Å². The molecular formula is C60H80Cl3O11P3. The van der Waals surface area contributed by atoms with Crippen molar-refractivity contribution in [3.05, 3.63) is 215 Å². The predicted octanol–water partition coefficient (Wildman–Crippen LogP) is 18.7. The molecule has 17 heteroatoms. The number of methoxy groups -OCH3 is 2. The van der Waals surface area contributed by atoms with E-state index in [0.717, 1.165) is 33.8 Å². The van der Waals surface area contributed by atoms with Crippen LogP contribution >= 0.6 is 57.6 Å². The normalized spacial score (nSPS) is 11.0. The fourth-order valence-electron chi connectivity index (χ4n) is 6.25. The van der Waals surface area contributed by atoms with Crippen molar-refractivity contribution < 1.29 is 50.3 Å². The van der Waals surface area contributed by atoms with Crippen molar-refractivity contribution in [1.82, 2.24) is 0 Å². The molecule has 0 heterocycles. The number of benzene rings is 6. The quantitative estimate of drug-likeness (QED) is 0.0402. The SMILES string of the molecule is CCOP(=O)(C/C=C/c1ccccc1)OCC.CCOP(=O)(Cc1ccc(OC)cc1)OCC.CCOP(=O)(Cc1ccccc1)OCC.COc1ccc(CCl)cc1.ClC/C=C/c1ccccc1.ClCc1ccccc1. The van der Waals surface area contributed by atoms with Crippen molar-refractivity contribution in [1.29, 1.82) is 0 Å². The molecule has 0 fully saturated rings. The minimum Gasteiger partial charge on any atom is -0.497 e. The number of hydrogen-bond acceptors (Lipinski definition) is 11. The number of halogens is 3. The summed E-state index contributed by atoms with van der Waals surface area (Å²) in [4.78, 5) is 0. The number of allylic oxidation sites excluding steroid dienone is 2. The van der Waals surface area contributed by atoms with Gasteiger partial charge in [-0.05, 0) is 99.2 Å². The summed E-state index contributed by atoms with van der Waals surface area (Å²) >= 11 is 16.6. The summed E-state index contributed by atoms with van der Waals surface area (Å²) < 4.78 is 77.8. The monoisotopic (exact) mass is 1170 g/mol. The first-order valence-electron chi connectivity index (χ1n) is 25.4. The average molecular weight is 1180 g/mol. The van der Waals surface area contributed by atoms with E-state index in [9.17, 15) is 13.7 Å². The lowest BCUT2D eigenvalue weighted by Crippen LogP contribution is -1.99. The molecule has 0 radical (unpaired) electrons. The Kier molecular flexibility index (Phi) is 40.9. The molecule has 0 saturated heterocycles. The van der Waals surface area contributed by atoms with Gasteiger partial charge in [0.2, 0.25) is 0 Å². The Morgan fingerprint density at radius 2 is 0.649 bits per heavy atom. The number of hydrogen-bond donors (Lipinski definition) is 0. The van der Waals surface area contributed by atoms with Gasteiger partial charge in [-0.25, -0.2) is 0 Å². The predicted molar refractivity (Wildman–Crippen MR) is 325 cm³/mol. The van der Waals surface area contributed by atoms with Crippen LogP contribution in [-0.4, -0.2) is 65.9 Å². The van der Waals surface area contributed by atoms with Gasteiger partial charge in [0, 0.05) is 17.6 Å². The molecular weight excluding hydrogens is 1100 g/mol. The van der Waals surface area contributed by atoms with Gasteiger partial charge in [0.05, 0.1) is 72.3 Å². The van der Waals surface area contributed by atoms with Crippen LogP contribution in [0.4, 0.5) is 0 Å². The molecule has 0 amide bonds. The first-order chi connectivity index (χ1) is 37.3. The molecule has 0 saturated carbocycles. The van der Waals surface area contributed by atoms with Crippen LogP contribution in [0.2, 0.25) is 0 Å². The molecule has 6 rings (SSSR count). The van der Waals surface area contributed by atoms with Gasteiger partial charge in [-0.2, -0.15) is 0 Å². The van der Waals surface area contributed by atoms with Crippen LogP contribution in [0.3, 0.4) is 0 Å². The third-order valence-corrected chi connectivity index (χ3v) is 16.5. The Bertz CT molecular complexity index is 2490. The summed E-state index contributed by atoms with van der Waals surface area (Å²) in [6, 6.07) is 54.6. The summed E-state index contributed by atoms with van der Waals surface area (Å²) in [5, 5.41) is 0. The summed E-state index contributed by atoms with van der Waals surface area (Å²) in [6.07, 6.45) is 8.63. The number of rotatable bonds is 25. The van der Waals surface area contributed by atoms with Gasteiger partial charge >= 0.3 is 22.8 Å². The lowest BCUT2D eigenvalue weighted by molar-refractivity contribution is 0.218. The fraction of sp³-hybridized carbons (Fsp3) is 0.333. The highest BCUT2D eigenvalue weighted by atomic mass is 35.5. The van der Waals surface area contributed by atoms with Crippen LogP contribution < -0.4 is 9.47 Å². The molecule has 6 aromatic carbocycles. The first kappa shape index (κ1) is 70.7. The van der Waals surface area contributed by atoms with Crippen LogP contribution in [0.5, 0.6) is 11.5 Å². The minimum atomic E-state index is -3.01. The van der Waals surface area contributed by atoms with Crippen molar-refractivity contribution in [3.8, 4) is 11.5 Å². The third-order valence-electron chi connectivity index (χ3n) is 9.66. The van der Waals surface area contributed by atoms with E-state index < -0.39 is 22.8 Å². The van der Waals surface area contributed by atoms with Gasteiger partial charge in [0.15, 0.2) is 0 Å². The van der Waals surface area contributed by atoms with Gasteiger partial charge in [-0.3, -0.25) is 13.7 Å². The van der Waals surface area contributed by atoms with Crippen molar-refractivity contribution in [2.24, 2.45) is 0 Å². The highest BCUT2D eigenvalue weighted by molar-refractivity contribution is 7.54. The van der Waals surface area contributed by atoms with E-state index >= 15 is 0 Å². The Morgan fingerprint density at radius 3 is 0.961 bits per heavy atom. The van der Waals surface area contributed by atoms with Crippen molar-refractivity contribution in [3.63, 3.8) is 0 Å². The maximum atomic E-state index is 12.3. The minimum absolute atomic E-state index is 0.290. The van der Waals surface area contributed by atoms with Crippen LogP contribution in [0.15, 0.2) is 182 Å². The second kappa shape index (κ2) is 44.6. The Labute approximate surface area is 475 Å². The second-order valence-corrected chi connectivity index (χ2v) is 22.6. The molecule has 0 spiro atoms. The van der Waals surface area contributed by atoms with Gasteiger partial charge in [0.1, 0.15) is 11.5 Å². The van der Waals surface area contributed by atoms with Gasteiger partial charge in [-0.15, -0.1) is 34.8 Å². The summed E-state index contributed by atoms with van der Waals surface area (Å²) in [5.74, 6) is 3.39. The van der Waals surface area contributed by atoms with E-state index in [1.165, 1.54) is 11.1 Å². The van der Waals surface area contributed by atoms with Crippen LogP contribution in [0, 0.1) is 0 Å². The maximum absolute atomic E-state index is 12.3. The molecule has 77 heavy (non-hydrogen) atoms. The molecule has 0 atom stereocenters. The van der Waals surface area contributed by atoms with Crippen LogP contribution in [0.25, 0.3) is 12.2 Å². The maximum Gasteiger partial charge on any atom is 0.335 e. The zero-order valence-electron chi connectivity index (χ0n) is 45.9. The van der Waals surface area contributed by atoms with Crippen molar-refractivity contribution >= 4 is 69.7 Å². The third kappa shape index (κ3) is 34.4. The van der Waals surface area contributed by atoms with E-state index in [1.807, 2.05) is 222 Å². The Hall–Kier alpha value is -4.28. The second-order valence-electron chi connectivity index (χ2n) is 15.6. The molecule has 0 aliphatic carbocycles. The van der Waals surface area contributed by atoms with Crippen molar-refractivity contribution in [2.75, 3.05) is 65.9 Å². The zero-order chi connectivity index (χ0) is 56.9. The van der Waals surface area contributed by atoms with E-state index in [4.69, 9.17) is 71.4 Å². The molecule has 0 bridgehead atoms. The van der Waals surface area contributed by atoms with Gasteiger partial charge < -0.3 is 36.6 Å². The molecule has 0 aliphatic rings. The summed E-state index contributed by atoms with van der Waals surface area (Å²) in [7, 11) is -5.63. The highest BCUT2D eigenvalue weighted by Gasteiger charge is 2.25. The van der Waals surface area contributed by atoms with Gasteiger partial charge in [0.25, 0.3) is 0 Å². The Morgan fingerprint density at radius 1 is 0.364 bits per heavy atom. The Balaban J connectivity index is 0.000000471. The molecule has 11 nitrogen and oxygen atoms in total. The number of ether oxygens (including phenoxy) is 2. The van der Waals surface area contributed by atoms with E-state index in [2.05, 4.69) is 0 Å². The average Bonchev–Trinajstić information content (AvgIpc) is 3.45.